The fraction of sp³-hybridized carbons (Fsp3) is 0.571. The molecule has 0 amide bonds. The molecule has 0 atom stereocenters. The first-order valence-electron chi connectivity index (χ1n) is 35.5. The molecule has 0 bridgehead atoms. The van der Waals surface area contributed by atoms with E-state index in [0.717, 1.165) is 71.0 Å². The van der Waals surface area contributed by atoms with Gasteiger partial charge in [0.25, 0.3) is 0 Å². The maximum absolute atomic E-state index is 2.45. The van der Waals surface area contributed by atoms with Gasteiger partial charge in [-0.3, -0.25) is 0 Å². The minimum atomic E-state index is 0.791. The third kappa shape index (κ3) is 18.9. The minimum absolute atomic E-state index is 0.791. The molecule has 0 saturated heterocycles. The van der Waals surface area contributed by atoms with Gasteiger partial charge in [-0.05, 0) is 219 Å². The predicted molar refractivity (Wildman–Crippen MR) is 365 cm³/mol. The first-order chi connectivity index (χ1) is 41.0. The van der Waals surface area contributed by atoms with Crippen molar-refractivity contribution in [1.29, 1.82) is 0 Å². The van der Waals surface area contributed by atoms with Crippen LogP contribution < -0.4 is 0 Å². The zero-order chi connectivity index (χ0) is 58.0. The summed E-state index contributed by atoms with van der Waals surface area (Å²) in [6.45, 7) is 13.8. The van der Waals surface area contributed by atoms with Crippen molar-refractivity contribution in [2.75, 3.05) is 0 Å². The molecule has 0 spiro atoms. The molecule has 0 aromatic heterocycles. The quantitative estimate of drug-likeness (QED) is 0.0961. The Balaban J connectivity index is 0.000000140. The number of hydrogen-bond acceptors (Lipinski definition) is 0. The van der Waals surface area contributed by atoms with Crippen LogP contribution in [0.3, 0.4) is 0 Å². The Labute approximate surface area is 514 Å². The van der Waals surface area contributed by atoms with E-state index in [0.29, 0.717) is 0 Å². The molecule has 450 valence electrons. The SMILES string of the molecule is Cc1ccc(-c2ccc(-c3ccc(CCC4CCC(C)CC4)cc3)cc2)cc1.Cc1ccc(-c2ccc(C3CCC(CCC4CCC(C)CC4)CC3)cc2)cc1.Cc1ccc(C2CCC(C3CCC(CCC4CCC(C)CC4)CC3)CC2)cc1. The Morgan fingerprint density at radius 2 is 0.464 bits per heavy atom. The largest absolute Gasteiger partial charge is 0.0625 e. The van der Waals surface area contributed by atoms with Gasteiger partial charge < -0.3 is 0 Å². The van der Waals surface area contributed by atoms with Gasteiger partial charge in [0.1, 0.15) is 0 Å². The van der Waals surface area contributed by atoms with Crippen LogP contribution in [0.4, 0.5) is 0 Å². The smallest absolute Gasteiger partial charge is 0.0162 e. The summed E-state index contributed by atoms with van der Waals surface area (Å²) in [4.78, 5) is 0. The molecule has 0 N–H and O–H groups in total. The summed E-state index contributed by atoms with van der Waals surface area (Å²) < 4.78 is 0. The summed E-state index contributed by atoms with van der Waals surface area (Å²) in [6, 6.07) is 54.7. The molecule has 0 aliphatic heterocycles. The summed E-state index contributed by atoms with van der Waals surface area (Å²) in [5, 5.41) is 0. The molecule has 0 heteroatoms. The normalized spacial score (nSPS) is 28.2. The number of hydrogen-bond donors (Lipinski definition) is 0. The molecule has 6 aromatic carbocycles. The molecule has 6 fully saturated rings. The van der Waals surface area contributed by atoms with Crippen LogP contribution in [0, 0.1) is 80.0 Å². The first-order valence-corrected chi connectivity index (χ1v) is 35.5. The Kier molecular flexibility index (Phi) is 23.6. The summed E-state index contributed by atoms with van der Waals surface area (Å²) in [5.41, 5.74) is 16.5. The van der Waals surface area contributed by atoms with Gasteiger partial charge >= 0.3 is 0 Å². The third-order valence-corrected chi connectivity index (χ3v) is 23.3. The van der Waals surface area contributed by atoms with Crippen LogP contribution in [-0.2, 0) is 6.42 Å². The summed E-state index contributed by atoms with van der Waals surface area (Å²) in [6.07, 6.45) is 44.2. The van der Waals surface area contributed by atoms with E-state index in [1.807, 2.05) is 0 Å². The van der Waals surface area contributed by atoms with Crippen molar-refractivity contribution in [3.63, 3.8) is 0 Å². The van der Waals surface area contributed by atoms with E-state index in [2.05, 4.69) is 187 Å². The van der Waals surface area contributed by atoms with Crippen LogP contribution in [-0.4, -0.2) is 0 Å². The van der Waals surface area contributed by atoms with E-state index in [9.17, 15) is 0 Å². The summed E-state index contributed by atoms with van der Waals surface area (Å²) in [5.74, 6) is 11.8. The van der Waals surface area contributed by atoms with Crippen molar-refractivity contribution in [2.45, 2.75) is 246 Å². The van der Waals surface area contributed by atoms with Crippen LogP contribution in [0.5, 0.6) is 0 Å². The van der Waals surface area contributed by atoms with Crippen LogP contribution in [0.2, 0.25) is 0 Å². The van der Waals surface area contributed by atoms with Crippen LogP contribution in [0.15, 0.2) is 146 Å². The molecule has 0 unspecified atom stereocenters. The summed E-state index contributed by atoms with van der Waals surface area (Å²) >= 11 is 0. The zero-order valence-electron chi connectivity index (χ0n) is 54.0. The standard InChI is InChI=1S/C28H44.C28H38.C28H32/c3*1-21-3-7-23(8-4-21)9-10-24-11-15-26(16-12-24)28-19-17-27(18-20-28)25-13-5-22(2)6-14-25/h5-6,13-14,21,23-24,26-28H,3-4,7-12,15-20H2,1-2H3;5-6,13-14,17-21,23-24,26H,3-4,7-12,15-16H2,1-2H3;5-6,11-21,23H,3-4,7-10H2,1-2H3. The molecule has 0 heterocycles. The molecule has 6 aliphatic rings. The van der Waals surface area contributed by atoms with Gasteiger partial charge in [0.15, 0.2) is 0 Å². The molecule has 12 rings (SSSR count). The second-order valence-corrected chi connectivity index (χ2v) is 29.7. The fourth-order valence-corrected chi connectivity index (χ4v) is 16.8. The third-order valence-electron chi connectivity index (χ3n) is 23.3. The van der Waals surface area contributed by atoms with Crippen molar-refractivity contribution in [3.05, 3.63) is 179 Å². The van der Waals surface area contributed by atoms with Crippen molar-refractivity contribution >= 4 is 0 Å². The monoisotopic (exact) mass is 1120 g/mol. The number of aryl methyl sites for hydroxylation is 4. The first kappa shape index (κ1) is 62.4. The van der Waals surface area contributed by atoms with E-state index in [1.54, 1.807) is 49.7 Å². The van der Waals surface area contributed by atoms with Gasteiger partial charge in [0.05, 0.1) is 0 Å². The maximum Gasteiger partial charge on any atom is -0.0162 e. The van der Waals surface area contributed by atoms with Gasteiger partial charge in [-0.2, -0.15) is 0 Å². The Bertz CT molecular complexity index is 2750. The highest BCUT2D eigenvalue weighted by Gasteiger charge is 2.32. The highest BCUT2D eigenvalue weighted by atomic mass is 14.4. The Morgan fingerprint density at radius 1 is 0.238 bits per heavy atom. The van der Waals surface area contributed by atoms with Gasteiger partial charge in [-0.15, -0.1) is 0 Å². The lowest BCUT2D eigenvalue weighted by Crippen LogP contribution is -2.25. The topological polar surface area (TPSA) is 0 Å². The highest BCUT2D eigenvalue weighted by Crippen LogP contribution is 2.46. The molecular formula is C84H114. The average molecular weight is 1120 g/mol. The second-order valence-electron chi connectivity index (χ2n) is 29.7. The fourth-order valence-electron chi connectivity index (χ4n) is 16.8. The molecule has 6 saturated carbocycles. The lowest BCUT2D eigenvalue weighted by molar-refractivity contribution is 0.150. The van der Waals surface area contributed by atoms with E-state index in [4.69, 9.17) is 0 Å². The minimum Gasteiger partial charge on any atom is -0.0625 e. The highest BCUT2D eigenvalue weighted by molar-refractivity contribution is 5.70. The van der Waals surface area contributed by atoms with E-state index in [1.165, 1.54) is 210 Å². The molecule has 6 aliphatic carbocycles. The molecule has 0 radical (unpaired) electrons. The predicted octanol–water partition coefficient (Wildman–Crippen LogP) is 25.3. The van der Waals surface area contributed by atoms with Crippen LogP contribution in [0.25, 0.3) is 33.4 Å². The number of benzene rings is 6. The van der Waals surface area contributed by atoms with Gasteiger partial charge in [-0.1, -0.05) is 299 Å². The number of rotatable bonds is 15. The van der Waals surface area contributed by atoms with Gasteiger partial charge in [0, 0.05) is 0 Å². The van der Waals surface area contributed by atoms with Crippen molar-refractivity contribution in [3.8, 4) is 33.4 Å². The molecule has 0 nitrogen and oxygen atoms in total. The molecule has 84 heavy (non-hydrogen) atoms. The molecular weight excluding hydrogens is 1010 g/mol. The van der Waals surface area contributed by atoms with E-state index in [-0.39, 0.29) is 0 Å². The van der Waals surface area contributed by atoms with E-state index < -0.39 is 0 Å². The maximum atomic E-state index is 2.45. The lowest BCUT2D eigenvalue weighted by atomic mass is 9.67. The second kappa shape index (κ2) is 31.8. The Hall–Kier alpha value is -4.68. The lowest BCUT2D eigenvalue weighted by Gasteiger charge is -2.38. The van der Waals surface area contributed by atoms with Crippen molar-refractivity contribution in [2.24, 2.45) is 59.2 Å². The van der Waals surface area contributed by atoms with Gasteiger partial charge in [-0.25, -0.2) is 0 Å². The van der Waals surface area contributed by atoms with Crippen molar-refractivity contribution in [1.82, 2.24) is 0 Å². The van der Waals surface area contributed by atoms with Gasteiger partial charge in [0.2, 0.25) is 0 Å². The summed E-state index contributed by atoms with van der Waals surface area (Å²) in [7, 11) is 0. The zero-order valence-corrected chi connectivity index (χ0v) is 54.0. The van der Waals surface area contributed by atoms with E-state index >= 15 is 0 Å². The Morgan fingerprint density at radius 3 is 0.810 bits per heavy atom. The van der Waals surface area contributed by atoms with Crippen LogP contribution >= 0.6 is 0 Å². The van der Waals surface area contributed by atoms with Crippen LogP contribution in [0.1, 0.15) is 252 Å². The average Bonchev–Trinajstić information content (AvgIpc) is 3.58. The molecule has 6 aromatic rings. The van der Waals surface area contributed by atoms with Crippen molar-refractivity contribution < 1.29 is 0 Å².